The number of anilines is 1. The zero-order chi connectivity index (χ0) is 12.3. The second-order valence-corrected chi connectivity index (χ2v) is 3.45. The molecule has 0 saturated heterocycles. The van der Waals surface area contributed by atoms with Gasteiger partial charge in [0, 0.05) is 11.5 Å². The van der Waals surface area contributed by atoms with Crippen LogP contribution in [-0.2, 0) is 0 Å². The molecule has 5 nitrogen and oxygen atoms in total. The van der Waals surface area contributed by atoms with Gasteiger partial charge in [-0.2, -0.15) is 5.26 Å². The molecule has 0 radical (unpaired) electrons. The molecule has 0 unspecified atom stereocenters. The average Bonchev–Trinajstić information content (AvgIpc) is 2.35. The molecule has 0 spiro atoms. The van der Waals surface area contributed by atoms with Crippen molar-refractivity contribution in [2.75, 3.05) is 11.9 Å². The maximum absolute atomic E-state index is 10.9. The molecule has 0 heterocycles. The second kappa shape index (κ2) is 4.49. The monoisotopic (exact) mass is 227 g/mol. The quantitative estimate of drug-likeness (QED) is 0.496. The van der Waals surface area contributed by atoms with Gasteiger partial charge in [-0.15, -0.1) is 0 Å². The summed E-state index contributed by atoms with van der Waals surface area (Å²) in [5, 5.41) is 23.9. The molecule has 2 aromatic rings. The molecule has 0 saturated carbocycles. The van der Waals surface area contributed by atoms with E-state index in [2.05, 4.69) is 5.32 Å². The Labute approximate surface area is 97.4 Å². The first-order chi connectivity index (χ1) is 8.24. The van der Waals surface area contributed by atoms with Crippen molar-refractivity contribution in [1.82, 2.24) is 0 Å². The number of nitro groups is 1. The molecule has 0 bridgehead atoms. The van der Waals surface area contributed by atoms with Crippen LogP contribution >= 0.6 is 0 Å². The molecule has 0 fully saturated rings. The molecule has 0 atom stereocenters. The topological polar surface area (TPSA) is 79.0 Å². The molecule has 0 aliphatic heterocycles. The van der Waals surface area contributed by atoms with Crippen LogP contribution in [0.1, 0.15) is 0 Å². The number of nitrogens with one attached hydrogen (secondary N) is 1. The van der Waals surface area contributed by atoms with E-state index in [-0.39, 0.29) is 12.2 Å². The zero-order valence-electron chi connectivity index (χ0n) is 8.88. The first kappa shape index (κ1) is 10.9. The van der Waals surface area contributed by atoms with E-state index in [0.717, 1.165) is 10.8 Å². The molecular formula is C12H9N3O2. The lowest BCUT2D eigenvalue weighted by atomic mass is 10.1. The average molecular weight is 227 g/mol. The van der Waals surface area contributed by atoms with Crippen molar-refractivity contribution < 1.29 is 4.92 Å². The lowest BCUT2D eigenvalue weighted by molar-refractivity contribution is -0.383. The predicted molar refractivity (Wildman–Crippen MR) is 64.7 cm³/mol. The van der Waals surface area contributed by atoms with Gasteiger partial charge < -0.3 is 5.32 Å². The molecule has 2 aromatic carbocycles. The SMILES string of the molecule is N#CCNc1c([N+](=O)[O-])ccc2ccccc12. The summed E-state index contributed by atoms with van der Waals surface area (Å²) in [6, 6.07) is 12.4. The smallest absolute Gasteiger partial charge is 0.293 e. The van der Waals surface area contributed by atoms with E-state index in [4.69, 9.17) is 5.26 Å². The van der Waals surface area contributed by atoms with Crippen molar-refractivity contribution in [1.29, 1.82) is 5.26 Å². The van der Waals surface area contributed by atoms with Crippen LogP contribution in [0.25, 0.3) is 10.8 Å². The number of benzene rings is 2. The first-order valence-corrected chi connectivity index (χ1v) is 5.01. The number of nitrogens with zero attached hydrogens (tertiary/aromatic N) is 2. The van der Waals surface area contributed by atoms with Gasteiger partial charge in [-0.1, -0.05) is 24.3 Å². The van der Waals surface area contributed by atoms with Gasteiger partial charge >= 0.3 is 0 Å². The van der Waals surface area contributed by atoms with Gasteiger partial charge in [-0.3, -0.25) is 10.1 Å². The third-order valence-corrected chi connectivity index (χ3v) is 2.45. The Morgan fingerprint density at radius 1 is 1.29 bits per heavy atom. The molecule has 0 aliphatic rings. The van der Waals surface area contributed by atoms with E-state index >= 15 is 0 Å². The third kappa shape index (κ3) is 2.01. The normalized spacial score (nSPS) is 9.82. The van der Waals surface area contributed by atoms with Gasteiger partial charge in [-0.25, -0.2) is 0 Å². The highest BCUT2D eigenvalue weighted by molar-refractivity contribution is 5.98. The summed E-state index contributed by atoms with van der Waals surface area (Å²) in [7, 11) is 0. The van der Waals surface area contributed by atoms with E-state index < -0.39 is 4.92 Å². The van der Waals surface area contributed by atoms with Crippen molar-refractivity contribution in [2.45, 2.75) is 0 Å². The number of hydrogen-bond donors (Lipinski definition) is 1. The van der Waals surface area contributed by atoms with Crippen LogP contribution in [-0.4, -0.2) is 11.5 Å². The molecule has 84 valence electrons. The van der Waals surface area contributed by atoms with E-state index in [9.17, 15) is 10.1 Å². The van der Waals surface area contributed by atoms with Gasteiger partial charge in [0.05, 0.1) is 11.0 Å². The van der Waals surface area contributed by atoms with Crippen LogP contribution in [0.4, 0.5) is 11.4 Å². The summed E-state index contributed by atoms with van der Waals surface area (Å²) in [6.07, 6.45) is 0. The van der Waals surface area contributed by atoms with E-state index in [1.54, 1.807) is 12.1 Å². The van der Waals surface area contributed by atoms with E-state index in [1.165, 1.54) is 6.07 Å². The van der Waals surface area contributed by atoms with Crippen molar-refractivity contribution in [3.05, 3.63) is 46.5 Å². The Morgan fingerprint density at radius 3 is 2.76 bits per heavy atom. The Kier molecular flexibility index (Phi) is 2.88. The minimum atomic E-state index is -0.452. The van der Waals surface area contributed by atoms with E-state index in [0.29, 0.717) is 5.69 Å². The van der Waals surface area contributed by atoms with Gasteiger partial charge in [0.25, 0.3) is 5.69 Å². The number of rotatable bonds is 3. The molecule has 1 N–H and O–H groups in total. The van der Waals surface area contributed by atoms with Gasteiger partial charge in [0.15, 0.2) is 0 Å². The Balaban J connectivity index is 2.66. The first-order valence-electron chi connectivity index (χ1n) is 5.01. The predicted octanol–water partition coefficient (Wildman–Crippen LogP) is 2.68. The Morgan fingerprint density at radius 2 is 2.06 bits per heavy atom. The summed E-state index contributed by atoms with van der Waals surface area (Å²) < 4.78 is 0. The lowest BCUT2D eigenvalue weighted by Crippen LogP contribution is -2.03. The third-order valence-electron chi connectivity index (χ3n) is 2.45. The fraction of sp³-hybridized carbons (Fsp3) is 0.0833. The number of nitro benzene ring substituents is 1. The van der Waals surface area contributed by atoms with Gasteiger partial charge in [0.2, 0.25) is 0 Å². The Bertz CT molecular complexity index is 617. The minimum Gasteiger partial charge on any atom is -0.366 e. The number of nitriles is 1. The molecule has 0 amide bonds. The van der Waals surface area contributed by atoms with Crippen LogP contribution in [0.15, 0.2) is 36.4 Å². The maximum Gasteiger partial charge on any atom is 0.293 e. The van der Waals surface area contributed by atoms with Crippen LogP contribution in [0, 0.1) is 21.4 Å². The van der Waals surface area contributed by atoms with Crippen LogP contribution in [0.2, 0.25) is 0 Å². The Hall–Kier alpha value is -2.61. The summed E-state index contributed by atoms with van der Waals surface area (Å²) in [6.45, 7) is 0.0366. The van der Waals surface area contributed by atoms with Crippen molar-refractivity contribution in [3.63, 3.8) is 0 Å². The van der Waals surface area contributed by atoms with Gasteiger partial charge in [-0.05, 0) is 11.5 Å². The number of fused-ring (bicyclic) bond motifs is 1. The number of hydrogen-bond acceptors (Lipinski definition) is 4. The van der Waals surface area contributed by atoms with E-state index in [1.807, 2.05) is 24.3 Å². The molecular weight excluding hydrogens is 218 g/mol. The maximum atomic E-state index is 10.9. The molecule has 0 aliphatic carbocycles. The second-order valence-electron chi connectivity index (χ2n) is 3.45. The highest BCUT2D eigenvalue weighted by atomic mass is 16.6. The summed E-state index contributed by atoms with van der Waals surface area (Å²) in [4.78, 5) is 10.5. The molecule has 5 heteroatoms. The largest absolute Gasteiger partial charge is 0.366 e. The lowest BCUT2D eigenvalue weighted by Gasteiger charge is -2.07. The minimum absolute atomic E-state index is 0.0149. The zero-order valence-corrected chi connectivity index (χ0v) is 8.88. The van der Waals surface area contributed by atoms with Crippen molar-refractivity contribution in [2.24, 2.45) is 0 Å². The van der Waals surface area contributed by atoms with Gasteiger partial charge in [0.1, 0.15) is 12.2 Å². The van der Waals surface area contributed by atoms with Crippen molar-refractivity contribution in [3.8, 4) is 6.07 Å². The van der Waals surface area contributed by atoms with Crippen LogP contribution in [0.3, 0.4) is 0 Å². The molecule has 0 aromatic heterocycles. The summed E-state index contributed by atoms with van der Waals surface area (Å²) in [5.74, 6) is 0. The molecule has 2 rings (SSSR count). The highest BCUT2D eigenvalue weighted by Crippen LogP contribution is 2.32. The van der Waals surface area contributed by atoms with Crippen LogP contribution < -0.4 is 5.32 Å². The summed E-state index contributed by atoms with van der Waals surface area (Å²) >= 11 is 0. The highest BCUT2D eigenvalue weighted by Gasteiger charge is 2.15. The molecule has 17 heavy (non-hydrogen) atoms. The fourth-order valence-corrected chi connectivity index (χ4v) is 1.73. The fourth-order valence-electron chi connectivity index (χ4n) is 1.73. The standard InChI is InChI=1S/C12H9N3O2/c13-7-8-14-12-10-4-2-1-3-9(10)5-6-11(12)15(16)17/h1-6,14H,8H2. The summed E-state index contributed by atoms with van der Waals surface area (Å²) in [5.41, 5.74) is 0.383. The van der Waals surface area contributed by atoms with Crippen LogP contribution in [0.5, 0.6) is 0 Å². The van der Waals surface area contributed by atoms with Crippen molar-refractivity contribution >= 4 is 22.1 Å².